The zero-order chi connectivity index (χ0) is 13.3. The molecule has 0 atom stereocenters. The predicted octanol–water partition coefficient (Wildman–Crippen LogP) is 3.90. The molecule has 0 saturated carbocycles. The van der Waals surface area contributed by atoms with E-state index in [1.807, 2.05) is 26.0 Å². The summed E-state index contributed by atoms with van der Waals surface area (Å²) in [4.78, 5) is 12.1. The van der Waals surface area contributed by atoms with Crippen molar-refractivity contribution in [1.82, 2.24) is 4.68 Å². The third kappa shape index (κ3) is 2.60. The van der Waals surface area contributed by atoms with Crippen molar-refractivity contribution in [3.8, 4) is 0 Å². The SMILES string of the molecule is Cc1ccc(C)n1NC(=O)c1ccc(Br)c(Cl)c1. The second kappa shape index (κ2) is 5.16. The summed E-state index contributed by atoms with van der Waals surface area (Å²) in [5.74, 6) is -0.188. The molecule has 1 aromatic heterocycles. The van der Waals surface area contributed by atoms with E-state index in [9.17, 15) is 4.79 Å². The lowest BCUT2D eigenvalue weighted by atomic mass is 10.2. The van der Waals surface area contributed by atoms with Crippen LogP contribution >= 0.6 is 27.5 Å². The maximum Gasteiger partial charge on any atom is 0.270 e. The van der Waals surface area contributed by atoms with E-state index in [1.165, 1.54) is 0 Å². The van der Waals surface area contributed by atoms with E-state index in [1.54, 1.807) is 22.9 Å². The summed E-state index contributed by atoms with van der Waals surface area (Å²) in [6, 6.07) is 9.01. The standard InChI is InChI=1S/C13H12BrClN2O/c1-8-3-4-9(2)17(8)16-13(18)10-5-6-11(14)12(15)7-10/h3-7H,1-2H3,(H,16,18). The Morgan fingerprint density at radius 3 is 2.39 bits per heavy atom. The quantitative estimate of drug-likeness (QED) is 0.891. The van der Waals surface area contributed by atoms with E-state index in [2.05, 4.69) is 21.4 Å². The molecule has 3 nitrogen and oxygen atoms in total. The molecule has 0 spiro atoms. The van der Waals surface area contributed by atoms with Crippen molar-refractivity contribution >= 4 is 33.4 Å². The van der Waals surface area contributed by atoms with Gasteiger partial charge in [-0.25, -0.2) is 0 Å². The van der Waals surface area contributed by atoms with Crippen LogP contribution in [0, 0.1) is 13.8 Å². The monoisotopic (exact) mass is 326 g/mol. The molecule has 1 N–H and O–H groups in total. The summed E-state index contributed by atoms with van der Waals surface area (Å²) in [6.07, 6.45) is 0. The van der Waals surface area contributed by atoms with Gasteiger partial charge in [0.25, 0.3) is 5.91 Å². The lowest BCUT2D eigenvalue weighted by Gasteiger charge is -2.11. The van der Waals surface area contributed by atoms with Crippen molar-refractivity contribution in [3.05, 3.63) is 56.8 Å². The number of hydrogen-bond acceptors (Lipinski definition) is 1. The Balaban J connectivity index is 2.25. The minimum atomic E-state index is -0.188. The Morgan fingerprint density at radius 1 is 1.22 bits per heavy atom. The van der Waals surface area contributed by atoms with Crippen LogP contribution < -0.4 is 5.43 Å². The summed E-state index contributed by atoms with van der Waals surface area (Å²) in [5, 5.41) is 0.517. The van der Waals surface area contributed by atoms with Crippen LogP contribution in [-0.4, -0.2) is 10.6 Å². The third-order valence-electron chi connectivity index (χ3n) is 2.67. The van der Waals surface area contributed by atoms with Crippen molar-refractivity contribution in [2.24, 2.45) is 0 Å². The maximum absolute atomic E-state index is 12.1. The first-order valence-electron chi connectivity index (χ1n) is 5.40. The smallest absolute Gasteiger partial charge is 0.267 e. The van der Waals surface area contributed by atoms with E-state index >= 15 is 0 Å². The minimum Gasteiger partial charge on any atom is -0.267 e. The van der Waals surface area contributed by atoms with Gasteiger partial charge in [-0.1, -0.05) is 11.6 Å². The summed E-state index contributed by atoms with van der Waals surface area (Å²) in [5.41, 5.74) is 5.30. The minimum absolute atomic E-state index is 0.188. The molecule has 5 heteroatoms. The van der Waals surface area contributed by atoms with E-state index in [4.69, 9.17) is 11.6 Å². The number of nitrogens with zero attached hydrogens (tertiary/aromatic N) is 1. The lowest BCUT2D eigenvalue weighted by molar-refractivity contribution is 0.101. The van der Waals surface area contributed by atoms with Crippen LogP contribution in [0.3, 0.4) is 0 Å². The van der Waals surface area contributed by atoms with Crippen LogP contribution in [0.4, 0.5) is 0 Å². The second-order valence-electron chi connectivity index (χ2n) is 4.02. The van der Waals surface area contributed by atoms with Gasteiger partial charge in [-0.05, 0) is 60.1 Å². The number of carbonyl (C=O) groups is 1. The first-order valence-corrected chi connectivity index (χ1v) is 6.57. The molecule has 0 saturated heterocycles. The zero-order valence-corrected chi connectivity index (χ0v) is 12.3. The van der Waals surface area contributed by atoms with Gasteiger partial charge < -0.3 is 0 Å². The molecule has 0 aliphatic carbocycles. The normalized spacial score (nSPS) is 10.4. The van der Waals surface area contributed by atoms with Crippen molar-refractivity contribution < 1.29 is 4.79 Å². The average molecular weight is 328 g/mol. The number of amides is 1. The molecule has 1 amide bonds. The van der Waals surface area contributed by atoms with Gasteiger partial charge in [-0.2, -0.15) is 0 Å². The molecule has 1 heterocycles. The number of aromatic nitrogens is 1. The Bertz CT molecular complexity index is 588. The highest BCUT2D eigenvalue weighted by atomic mass is 79.9. The van der Waals surface area contributed by atoms with Crippen molar-refractivity contribution in [2.75, 3.05) is 5.43 Å². The first-order chi connectivity index (χ1) is 8.49. The summed E-state index contributed by atoms with van der Waals surface area (Å²) < 4.78 is 2.52. The van der Waals surface area contributed by atoms with Gasteiger partial charge in [0, 0.05) is 21.4 Å². The zero-order valence-electron chi connectivity index (χ0n) is 10.00. The van der Waals surface area contributed by atoms with Crippen LogP contribution in [0.2, 0.25) is 5.02 Å². The summed E-state index contributed by atoms with van der Waals surface area (Å²) in [7, 11) is 0. The fraction of sp³-hybridized carbons (Fsp3) is 0.154. The van der Waals surface area contributed by atoms with Crippen molar-refractivity contribution in [3.63, 3.8) is 0 Å². The molecule has 0 unspecified atom stereocenters. The second-order valence-corrected chi connectivity index (χ2v) is 5.28. The van der Waals surface area contributed by atoms with Gasteiger partial charge in [0.15, 0.2) is 0 Å². The van der Waals surface area contributed by atoms with Gasteiger partial charge in [-0.15, -0.1) is 0 Å². The third-order valence-corrected chi connectivity index (χ3v) is 3.90. The number of benzene rings is 1. The van der Waals surface area contributed by atoms with Crippen molar-refractivity contribution in [2.45, 2.75) is 13.8 Å². The molecule has 0 bridgehead atoms. The Kier molecular flexibility index (Phi) is 3.78. The lowest BCUT2D eigenvalue weighted by Crippen LogP contribution is -2.24. The molecule has 94 valence electrons. The Labute approximate surface area is 119 Å². The average Bonchev–Trinajstić information content (AvgIpc) is 2.64. The largest absolute Gasteiger partial charge is 0.270 e. The fourth-order valence-electron chi connectivity index (χ4n) is 1.65. The Hall–Kier alpha value is -1.26. The first kappa shape index (κ1) is 13.2. The van der Waals surface area contributed by atoms with Gasteiger partial charge in [0.1, 0.15) is 0 Å². The van der Waals surface area contributed by atoms with E-state index in [-0.39, 0.29) is 5.91 Å². The van der Waals surface area contributed by atoms with Crippen molar-refractivity contribution in [1.29, 1.82) is 0 Å². The highest BCUT2D eigenvalue weighted by molar-refractivity contribution is 9.10. The molecule has 0 aliphatic heterocycles. The van der Waals surface area contributed by atoms with E-state index in [0.29, 0.717) is 10.6 Å². The molecule has 0 fully saturated rings. The van der Waals surface area contributed by atoms with Crippen LogP contribution in [0.1, 0.15) is 21.7 Å². The topological polar surface area (TPSA) is 34.0 Å². The van der Waals surface area contributed by atoms with Crippen LogP contribution in [-0.2, 0) is 0 Å². The Morgan fingerprint density at radius 2 is 1.83 bits per heavy atom. The fourth-order valence-corrected chi connectivity index (χ4v) is 2.08. The molecule has 18 heavy (non-hydrogen) atoms. The number of nitrogens with one attached hydrogen (secondary N) is 1. The van der Waals surface area contributed by atoms with Gasteiger partial charge in [0.05, 0.1) is 5.02 Å². The van der Waals surface area contributed by atoms with Crippen LogP contribution in [0.25, 0.3) is 0 Å². The predicted molar refractivity (Wildman–Crippen MR) is 76.7 cm³/mol. The molecule has 1 aromatic carbocycles. The summed E-state index contributed by atoms with van der Waals surface area (Å²) >= 11 is 9.26. The van der Waals surface area contributed by atoms with Gasteiger partial charge in [0.2, 0.25) is 0 Å². The number of hydrogen-bond donors (Lipinski definition) is 1. The van der Waals surface area contributed by atoms with E-state index < -0.39 is 0 Å². The molecule has 0 aliphatic rings. The number of rotatable bonds is 2. The molecule has 0 radical (unpaired) electrons. The number of halogens is 2. The van der Waals surface area contributed by atoms with E-state index in [0.717, 1.165) is 15.9 Å². The van der Waals surface area contributed by atoms with Crippen LogP contribution in [0.5, 0.6) is 0 Å². The molecule has 2 rings (SSSR count). The summed E-state index contributed by atoms with van der Waals surface area (Å²) in [6.45, 7) is 3.86. The number of aryl methyl sites for hydroxylation is 2. The van der Waals surface area contributed by atoms with Gasteiger partial charge in [-0.3, -0.25) is 14.9 Å². The maximum atomic E-state index is 12.1. The highest BCUT2D eigenvalue weighted by Gasteiger charge is 2.10. The molecular weight excluding hydrogens is 316 g/mol. The van der Waals surface area contributed by atoms with Gasteiger partial charge >= 0.3 is 0 Å². The number of carbonyl (C=O) groups excluding carboxylic acids is 1. The van der Waals surface area contributed by atoms with Crippen LogP contribution in [0.15, 0.2) is 34.8 Å². The molecule has 2 aromatic rings. The highest BCUT2D eigenvalue weighted by Crippen LogP contribution is 2.23. The molecular formula is C13H12BrClN2O.